The monoisotopic (exact) mass is 483 g/mol. The number of hydrogen-bond donors (Lipinski definition) is 1. The van der Waals surface area contributed by atoms with Gasteiger partial charge in [0.25, 0.3) is 0 Å². The van der Waals surface area contributed by atoms with Gasteiger partial charge in [-0.25, -0.2) is 4.98 Å². The molecule has 6 nitrogen and oxygen atoms in total. The maximum atomic E-state index is 5.88. The predicted octanol–water partition coefficient (Wildman–Crippen LogP) is 5.37. The number of benzene rings is 1. The Hall–Kier alpha value is -3.71. The number of rotatable bonds is 6. The van der Waals surface area contributed by atoms with Crippen molar-refractivity contribution >= 4 is 17.3 Å². The van der Waals surface area contributed by atoms with E-state index in [0.717, 1.165) is 39.3 Å². The minimum atomic E-state index is -0.0682. The van der Waals surface area contributed by atoms with Crippen LogP contribution in [0.5, 0.6) is 5.75 Å². The van der Waals surface area contributed by atoms with E-state index in [4.69, 9.17) is 17.0 Å². The zero-order valence-electron chi connectivity index (χ0n) is 20.4. The van der Waals surface area contributed by atoms with Gasteiger partial charge in [-0.1, -0.05) is 18.2 Å². The second kappa shape index (κ2) is 9.50. The second-order valence-electron chi connectivity index (χ2n) is 8.96. The van der Waals surface area contributed by atoms with Gasteiger partial charge in [-0.2, -0.15) is 0 Å². The molecule has 0 radical (unpaired) electrons. The Morgan fingerprint density at radius 1 is 0.971 bits per heavy atom. The average Bonchev–Trinajstić information content (AvgIpc) is 3.34. The molecule has 0 spiro atoms. The summed E-state index contributed by atoms with van der Waals surface area (Å²) in [6, 6.07) is 20.5. The van der Waals surface area contributed by atoms with Crippen molar-refractivity contribution in [3.63, 3.8) is 0 Å². The first-order chi connectivity index (χ1) is 17.0. The van der Waals surface area contributed by atoms with E-state index in [1.54, 1.807) is 7.11 Å². The molecule has 1 aliphatic rings. The van der Waals surface area contributed by atoms with Crippen LogP contribution in [0.25, 0.3) is 5.82 Å². The van der Waals surface area contributed by atoms with Crippen molar-refractivity contribution in [2.75, 3.05) is 7.11 Å². The number of aromatic nitrogens is 3. The van der Waals surface area contributed by atoms with Crippen LogP contribution in [0.2, 0.25) is 0 Å². The van der Waals surface area contributed by atoms with Gasteiger partial charge in [0.05, 0.1) is 24.9 Å². The van der Waals surface area contributed by atoms with Gasteiger partial charge in [0.2, 0.25) is 0 Å². The average molecular weight is 484 g/mol. The minimum Gasteiger partial charge on any atom is -0.497 e. The first-order valence-corrected chi connectivity index (χ1v) is 12.1. The molecule has 1 saturated heterocycles. The van der Waals surface area contributed by atoms with E-state index in [2.05, 4.69) is 75.9 Å². The molecule has 7 heteroatoms. The summed E-state index contributed by atoms with van der Waals surface area (Å²) < 4.78 is 7.57. The smallest absolute Gasteiger partial charge is 0.170 e. The lowest BCUT2D eigenvalue weighted by Crippen LogP contribution is -2.29. The number of aryl methyl sites for hydroxylation is 2. The Balaban J connectivity index is 1.60. The third-order valence-electron chi connectivity index (χ3n) is 6.63. The highest BCUT2D eigenvalue weighted by Crippen LogP contribution is 2.42. The zero-order valence-corrected chi connectivity index (χ0v) is 21.2. The van der Waals surface area contributed by atoms with Crippen molar-refractivity contribution in [1.82, 2.24) is 24.8 Å². The molecule has 4 heterocycles. The van der Waals surface area contributed by atoms with Gasteiger partial charge in [-0.05, 0) is 92.1 Å². The molecular formula is C28H29N5OS. The number of pyridine rings is 2. The fourth-order valence-corrected chi connectivity index (χ4v) is 5.23. The van der Waals surface area contributed by atoms with Crippen LogP contribution in [0.15, 0.2) is 73.1 Å². The van der Waals surface area contributed by atoms with E-state index >= 15 is 0 Å². The van der Waals surface area contributed by atoms with Gasteiger partial charge in [0.15, 0.2) is 5.11 Å². The molecule has 0 unspecified atom stereocenters. The third kappa shape index (κ3) is 4.39. The molecule has 5 rings (SSSR count). The lowest BCUT2D eigenvalue weighted by atomic mass is 9.96. The van der Waals surface area contributed by atoms with Crippen molar-refractivity contribution < 1.29 is 4.74 Å². The fraction of sp³-hybridized carbons (Fsp3) is 0.250. The maximum absolute atomic E-state index is 5.88. The van der Waals surface area contributed by atoms with Crippen LogP contribution in [0.4, 0.5) is 0 Å². The van der Waals surface area contributed by atoms with Gasteiger partial charge in [0.1, 0.15) is 11.6 Å². The maximum Gasteiger partial charge on any atom is 0.170 e. The van der Waals surface area contributed by atoms with Crippen molar-refractivity contribution in [3.8, 4) is 11.6 Å². The molecule has 1 fully saturated rings. The summed E-state index contributed by atoms with van der Waals surface area (Å²) in [7, 11) is 1.68. The highest BCUT2D eigenvalue weighted by molar-refractivity contribution is 7.80. The topological polar surface area (TPSA) is 55.2 Å². The lowest BCUT2D eigenvalue weighted by Gasteiger charge is -2.28. The lowest BCUT2D eigenvalue weighted by molar-refractivity contribution is 0.310. The molecule has 0 amide bonds. The molecule has 0 bridgehead atoms. The van der Waals surface area contributed by atoms with Gasteiger partial charge in [0, 0.05) is 30.3 Å². The number of nitrogens with one attached hydrogen (secondary N) is 1. The first-order valence-electron chi connectivity index (χ1n) is 11.7. The normalized spacial score (nSPS) is 17.5. The Kier molecular flexibility index (Phi) is 6.26. The van der Waals surface area contributed by atoms with Gasteiger partial charge >= 0.3 is 0 Å². The molecular weight excluding hydrogens is 454 g/mol. The molecule has 4 aromatic rings. The standard InChI is InChI=1S/C28H29N5OS/c1-18-12-14-30-25(15-18)33-19(2)16-23(20(33)3)27-26(24-7-5-6-13-29-24)31-28(35)32(27)17-21-8-10-22(34-4)11-9-21/h5-16,26-27H,17H2,1-4H3,(H,31,35)/t26-,27-/m0/s1. The molecule has 0 aliphatic carbocycles. The Bertz CT molecular complexity index is 1350. The molecule has 0 saturated carbocycles. The minimum absolute atomic E-state index is 0.0238. The largest absolute Gasteiger partial charge is 0.497 e. The third-order valence-corrected chi connectivity index (χ3v) is 6.98. The summed E-state index contributed by atoms with van der Waals surface area (Å²) >= 11 is 5.88. The molecule has 2 atom stereocenters. The summed E-state index contributed by atoms with van der Waals surface area (Å²) in [5, 5.41) is 4.28. The van der Waals surface area contributed by atoms with Crippen LogP contribution >= 0.6 is 12.2 Å². The van der Waals surface area contributed by atoms with E-state index < -0.39 is 0 Å². The van der Waals surface area contributed by atoms with Crippen LogP contribution < -0.4 is 10.1 Å². The number of hydrogen-bond acceptors (Lipinski definition) is 4. The fourth-order valence-electron chi connectivity index (χ4n) is 4.92. The number of thiocarbonyl (C=S) groups is 1. The van der Waals surface area contributed by atoms with Crippen LogP contribution in [0, 0.1) is 20.8 Å². The van der Waals surface area contributed by atoms with E-state index in [0.29, 0.717) is 6.54 Å². The van der Waals surface area contributed by atoms with Crippen LogP contribution in [-0.4, -0.2) is 31.7 Å². The van der Waals surface area contributed by atoms with Gasteiger partial charge in [-0.3, -0.25) is 4.98 Å². The van der Waals surface area contributed by atoms with Crippen molar-refractivity contribution in [3.05, 3.63) is 107 Å². The second-order valence-corrected chi connectivity index (χ2v) is 9.34. The summed E-state index contributed by atoms with van der Waals surface area (Å²) in [4.78, 5) is 11.6. The zero-order chi connectivity index (χ0) is 24.5. The van der Waals surface area contributed by atoms with E-state index in [-0.39, 0.29) is 12.1 Å². The van der Waals surface area contributed by atoms with Crippen molar-refractivity contribution in [2.24, 2.45) is 0 Å². The summed E-state index contributed by atoms with van der Waals surface area (Å²) in [5.74, 6) is 1.77. The van der Waals surface area contributed by atoms with Gasteiger partial charge < -0.3 is 19.5 Å². The number of nitrogens with zero attached hydrogens (tertiary/aromatic N) is 4. The molecule has 178 valence electrons. The highest BCUT2D eigenvalue weighted by Gasteiger charge is 2.41. The Labute approximate surface area is 211 Å². The first kappa shape index (κ1) is 23.1. The number of ether oxygens (including phenoxy) is 1. The Morgan fingerprint density at radius 2 is 1.77 bits per heavy atom. The van der Waals surface area contributed by atoms with Crippen LogP contribution in [0.1, 0.15) is 45.9 Å². The van der Waals surface area contributed by atoms with Crippen LogP contribution in [-0.2, 0) is 6.54 Å². The Morgan fingerprint density at radius 3 is 2.46 bits per heavy atom. The molecule has 1 aromatic carbocycles. The van der Waals surface area contributed by atoms with Crippen molar-refractivity contribution in [1.29, 1.82) is 0 Å². The summed E-state index contributed by atoms with van der Waals surface area (Å²) in [6.45, 7) is 7.06. The van der Waals surface area contributed by atoms with Gasteiger partial charge in [-0.15, -0.1) is 0 Å². The summed E-state index contributed by atoms with van der Waals surface area (Å²) in [5.41, 5.74) is 6.81. The van der Waals surface area contributed by atoms with Crippen LogP contribution in [0.3, 0.4) is 0 Å². The molecule has 1 aliphatic heterocycles. The van der Waals surface area contributed by atoms with E-state index in [1.165, 1.54) is 11.1 Å². The quantitative estimate of drug-likeness (QED) is 0.372. The molecule has 35 heavy (non-hydrogen) atoms. The highest BCUT2D eigenvalue weighted by atomic mass is 32.1. The molecule has 3 aromatic heterocycles. The van der Waals surface area contributed by atoms with E-state index in [9.17, 15) is 0 Å². The summed E-state index contributed by atoms with van der Waals surface area (Å²) in [6.07, 6.45) is 3.70. The SMILES string of the molecule is COc1ccc(CN2C(=S)N[C@@H](c3ccccn3)[C@@H]2c2cc(C)n(-c3cc(C)ccn3)c2C)cc1. The van der Waals surface area contributed by atoms with Crippen molar-refractivity contribution in [2.45, 2.75) is 39.4 Å². The molecule has 1 N–H and O–H groups in total. The predicted molar refractivity (Wildman–Crippen MR) is 142 cm³/mol. The number of methoxy groups -OCH3 is 1. The van der Waals surface area contributed by atoms with E-state index in [1.807, 2.05) is 42.7 Å².